The molecule has 118 valence electrons. The van der Waals surface area contributed by atoms with Gasteiger partial charge in [-0.25, -0.2) is 0 Å². The summed E-state index contributed by atoms with van der Waals surface area (Å²) in [7, 11) is 0. The number of carbonyl (C=O) groups excluding carboxylic acids is 1. The molecule has 1 aliphatic heterocycles. The highest BCUT2D eigenvalue weighted by atomic mass is 32.2. The molecule has 2 N–H and O–H groups in total. The average Bonchev–Trinajstić information content (AvgIpc) is 2.78. The van der Waals surface area contributed by atoms with E-state index in [9.17, 15) is 9.90 Å². The van der Waals surface area contributed by atoms with E-state index in [1.807, 2.05) is 31.7 Å². The van der Waals surface area contributed by atoms with Gasteiger partial charge in [-0.3, -0.25) is 4.79 Å². The third-order valence-corrected chi connectivity index (χ3v) is 5.11. The highest BCUT2D eigenvalue weighted by Crippen LogP contribution is 2.27. The lowest BCUT2D eigenvalue weighted by Gasteiger charge is -2.25. The number of furan rings is 1. The molecule has 21 heavy (non-hydrogen) atoms. The maximum absolute atomic E-state index is 12.0. The molecule has 2 heterocycles. The van der Waals surface area contributed by atoms with E-state index in [2.05, 4.69) is 5.32 Å². The fourth-order valence-corrected chi connectivity index (χ4v) is 4.02. The van der Waals surface area contributed by atoms with Crippen LogP contribution in [0.1, 0.15) is 43.3 Å². The van der Waals surface area contributed by atoms with Gasteiger partial charge in [0.15, 0.2) is 0 Å². The second-order valence-electron chi connectivity index (χ2n) is 6.14. The van der Waals surface area contributed by atoms with Gasteiger partial charge in [0.05, 0.1) is 6.54 Å². The normalized spacial score (nSPS) is 19.2. The summed E-state index contributed by atoms with van der Waals surface area (Å²) in [6, 6.07) is 1.83. The van der Waals surface area contributed by atoms with E-state index in [1.165, 1.54) is 0 Å². The largest absolute Gasteiger partial charge is 0.466 e. The zero-order chi connectivity index (χ0) is 15.5. The van der Waals surface area contributed by atoms with Crippen LogP contribution in [0, 0.1) is 19.8 Å². The van der Waals surface area contributed by atoms with Crippen LogP contribution in [0.3, 0.4) is 0 Å². The minimum Gasteiger partial charge on any atom is -0.466 e. The van der Waals surface area contributed by atoms with Gasteiger partial charge in [-0.2, -0.15) is 11.8 Å². The Hall–Kier alpha value is -0.940. The van der Waals surface area contributed by atoms with E-state index in [4.69, 9.17) is 4.42 Å². The predicted molar refractivity (Wildman–Crippen MR) is 85.4 cm³/mol. The number of amides is 1. The Morgan fingerprint density at radius 2 is 2.14 bits per heavy atom. The molecule has 0 aromatic carbocycles. The molecule has 1 amide bonds. The molecule has 1 unspecified atom stereocenters. The first-order chi connectivity index (χ1) is 9.88. The Balaban J connectivity index is 1.86. The number of rotatable bonds is 5. The third-order valence-electron chi connectivity index (χ3n) is 4.07. The van der Waals surface area contributed by atoms with Crippen LogP contribution in [-0.4, -0.2) is 29.1 Å². The minimum atomic E-state index is -1.10. The number of hydrogen-bond acceptors (Lipinski definition) is 4. The first-order valence-corrected chi connectivity index (χ1v) is 8.68. The van der Waals surface area contributed by atoms with Crippen LogP contribution in [0.25, 0.3) is 0 Å². The topological polar surface area (TPSA) is 62.5 Å². The molecule has 1 aromatic rings. The van der Waals surface area contributed by atoms with Crippen molar-refractivity contribution in [3.8, 4) is 0 Å². The average molecular weight is 311 g/mol. The quantitative estimate of drug-likeness (QED) is 0.878. The molecule has 1 saturated heterocycles. The van der Waals surface area contributed by atoms with Crippen molar-refractivity contribution in [1.82, 2.24) is 5.32 Å². The van der Waals surface area contributed by atoms with E-state index >= 15 is 0 Å². The number of aryl methyl sites for hydroxylation is 2. The first-order valence-electron chi connectivity index (χ1n) is 7.53. The van der Waals surface area contributed by atoms with Gasteiger partial charge in [-0.1, -0.05) is 0 Å². The van der Waals surface area contributed by atoms with E-state index in [-0.39, 0.29) is 12.5 Å². The molecular weight excluding hydrogens is 286 g/mol. The van der Waals surface area contributed by atoms with E-state index in [1.54, 1.807) is 6.92 Å². The Morgan fingerprint density at radius 3 is 2.71 bits per heavy atom. The fraction of sp³-hybridized carbons (Fsp3) is 0.688. The van der Waals surface area contributed by atoms with Gasteiger partial charge in [-0.15, -0.1) is 0 Å². The van der Waals surface area contributed by atoms with Crippen molar-refractivity contribution >= 4 is 17.7 Å². The van der Waals surface area contributed by atoms with E-state index in [0.717, 1.165) is 35.7 Å². The van der Waals surface area contributed by atoms with E-state index in [0.29, 0.717) is 18.1 Å². The standard InChI is InChI=1S/C16H25NO3S/c1-11-8-14(12(2)20-11)16(3,19)10-17-15(18)9-13-4-6-21-7-5-13/h8,13,19H,4-7,9-10H2,1-3H3,(H,17,18). The molecule has 0 aliphatic carbocycles. The SMILES string of the molecule is Cc1cc(C(C)(O)CNC(=O)CC2CCSCC2)c(C)o1. The molecule has 1 fully saturated rings. The lowest BCUT2D eigenvalue weighted by atomic mass is 9.95. The Labute approximate surface area is 130 Å². The summed E-state index contributed by atoms with van der Waals surface area (Å²) in [5.74, 6) is 4.32. The summed E-state index contributed by atoms with van der Waals surface area (Å²) in [6.07, 6.45) is 2.81. The monoisotopic (exact) mass is 311 g/mol. The number of carbonyl (C=O) groups is 1. The molecule has 2 rings (SSSR count). The van der Waals surface area contributed by atoms with Crippen molar-refractivity contribution < 1.29 is 14.3 Å². The van der Waals surface area contributed by atoms with Gasteiger partial charge in [0.25, 0.3) is 0 Å². The van der Waals surface area contributed by atoms with Gasteiger partial charge in [-0.05, 0) is 57.1 Å². The van der Waals surface area contributed by atoms with Crippen LogP contribution in [-0.2, 0) is 10.4 Å². The Bertz CT molecular complexity index is 490. The van der Waals surface area contributed by atoms with Gasteiger partial charge >= 0.3 is 0 Å². The number of hydrogen-bond donors (Lipinski definition) is 2. The van der Waals surface area contributed by atoms with E-state index < -0.39 is 5.60 Å². The van der Waals surface area contributed by atoms with Crippen LogP contribution in [0.15, 0.2) is 10.5 Å². The molecular formula is C16H25NO3S. The zero-order valence-electron chi connectivity index (χ0n) is 13.1. The lowest BCUT2D eigenvalue weighted by Crippen LogP contribution is -2.39. The summed E-state index contributed by atoms with van der Waals surface area (Å²) >= 11 is 1.96. The van der Waals surface area contributed by atoms with Crippen LogP contribution in [0.5, 0.6) is 0 Å². The summed E-state index contributed by atoms with van der Waals surface area (Å²) in [6.45, 7) is 5.61. The Morgan fingerprint density at radius 1 is 1.48 bits per heavy atom. The zero-order valence-corrected chi connectivity index (χ0v) is 13.9. The van der Waals surface area contributed by atoms with Crippen LogP contribution < -0.4 is 5.32 Å². The molecule has 1 aromatic heterocycles. The summed E-state index contributed by atoms with van der Waals surface area (Å²) in [5, 5.41) is 13.4. The van der Waals surface area contributed by atoms with Crippen LogP contribution in [0.4, 0.5) is 0 Å². The van der Waals surface area contributed by atoms with Gasteiger partial charge < -0.3 is 14.8 Å². The second kappa shape index (κ2) is 6.88. The van der Waals surface area contributed by atoms with Crippen molar-refractivity contribution in [1.29, 1.82) is 0 Å². The molecule has 0 radical (unpaired) electrons. The van der Waals surface area contributed by atoms with Gasteiger partial charge in [0.2, 0.25) is 5.91 Å². The van der Waals surface area contributed by atoms with Crippen molar-refractivity contribution in [2.75, 3.05) is 18.1 Å². The molecule has 1 atom stereocenters. The second-order valence-corrected chi connectivity index (χ2v) is 7.36. The van der Waals surface area contributed by atoms with Crippen molar-refractivity contribution in [2.45, 2.75) is 45.6 Å². The fourth-order valence-electron chi connectivity index (χ4n) is 2.82. The third kappa shape index (κ3) is 4.51. The van der Waals surface area contributed by atoms with Crippen molar-refractivity contribution in [3.63, 3.8) is 0 Å². The summed E-state index contributed by atoms with van der Waals surface area (Å²) < 4.78 is 5.45. The highest BCUT2D eigenvalue weighted by Gasteiger charge is 2.28. The first kappa shape index (κ1) is 16.4. The van der Waals surface area contributed by atoms with Crippen molar-refractivity contribution in [3.05, 3.63) is 23.2 Å². The number of thioether (sulfide) groups is 1. The van der Waals surface area contributed by atoms with Crippen LogP contribution in [0.2, 0.25) is 0 Å². The molecule has 0 saturated carbocycles. The minimum absolute atomic E-state index is 0.0324. The molecule has 4 nitrogen and oxygen atoms in total. The van der Waals surface area contributed by atoms with Gasteiger partial charge in [0, 0.05) is 12.0 Å². The maximum Gasteiger partial charge on any atom is 0.220 e. The highest BCUT2D eigenvalue weighted by molar-refractivity contribution is 7.99. The maximum atomic E-state index is 12.0. The Kier molecular flexibility index (Phi) is 5.38. The molecule has 0 spiro atoms. The van der Waals surface area contributed by atoms with Crippen molar-refractivity contribution in [2.24, 2.45) is 5.92 Å². The number of nitrogens with one attached hydrogen (secondary N) is 1. The molecule has 0 bridgehead atoms. The predicted octanol–water partition coefficient (Wildman–Crippen LogP) is 2.75. The smallest absolute Gasteiger partial charge is 0.220 e. The van der Waals surface area contributed by atoms with Gasteiger partial charge in [0.1, 0.15) is 17.1 Å². The number of aliphatic hydroxyl groups is 1. The van der Waals surface area contributed by atoms with Crippen LogP contribution >= 0.6 is 11.8 Å². The molecule has 5 heteroatoms. The summed E-state index contributed by atoms with van der Waals surface area (Å²) in [5.41, 5.74) is -0.353. The molecule has 1 aliphatic rings. The summed E-state index contributed by atoms with van der Waals surface area (Å²) in [4.78, 5) is 12.0. The lowest BCUT2D eigenvalue weighted by molar-refractivity contribution is -0.123.